The summed E-state index contributed by atoms with van der Waals surface area (Å²) >= 11 is 0.825. The Kier molecular flexibility index (Phi) is 7.11. The SMILES string of the molecule is CC1=C(C(=O)OCOC(=O)C(C)(C)C)N2C(=O)C(NC(=O)COc3ccccc3)[C@@H]2SC1=O. The van der Waals surface area contributed by atoms with Crippen LogP contribution in [0.2, 0.25) is 0 Å². The Morgan fingerprint density at radius 1 is 1.09 bits per heavy atom. The van der Waals surface area contributed by atoms with Crippen molar-refractivity contribution in [3.05, 3.63) is 41.6 Å². The van der Waals surface area contributed by atoms with Gasteiger partial charge in [0.2, 0.25) is 11.9 Å². The van der Waals surface area contributed by atoms with Gasteiger partial charge < -0.3 is 19.5 Å². The van der Waals surface area contributed by atoms with E-state index in [2.05, 4.69) is 5.32 Å². The van der Waals surface area contributed by atoms with Crippen LogP contribution in [-0.4, -0.2) is 58.6 Å². The summed E-state index contributed by atoms with van der Waals surface area (Å²) in [4.78, 5) is 62.8. The minimum absolute atomic E-state index is 0.0361. The zero-order valence-corrected chi connectivity index (χ0v) is 19.4. The fourth-order valence-electron chi connectivity index (χ4n) is 2.98. The van der Waals surface area contributed by atoms with Gasteiger partial charge in [-0.15, -0.1) is 0 Å². The summed E-state index contributed by atoms with van der Waals surface area (Å²) in [7, 11) is 0. The second-order valence-electron chi connectivity index (χ2n) is 8.36. The number of thioether (sulfide) groups is 1. The van der Waals surface area contributed by atoms with E-state index in [0.29, 0.717) is 5.75 Å². The van der Waals surface area contributed by atoms with Crippen molar-refractivity contribution in [2.24, 2.45) is 5.41 Å². The molecule has 176 valence electrons. The molecular formula is C22H24N2O8S. The number of nitrogens with zero attached hydrogens (tertiary/aromatic N) is 1. The van der Waals surface area contributed by atoms with Crippen molar-refractivity contribution in [2.45, 2.75) is 39.1 Å². The lowest BCUT2D eigenvalue weighted by molar-refractivity contribution is -0.173. The summed E-state index contributed by atoms with van der Waals surface area (Å²) in [5.41, 5.74) is -0.978. The Balaban J connectivity index is 1.60. The molecule has 1 unspecified atom stereocenters. The number of rotatable bonds is 7. The van der Waals surface area contributed by atoms with Crippen LogP contribution in [0.25, 0.3) is 0 Å². The summed E-state index contributed by atoms with van der Waals surface area (Å²) in [6.07, 6.45) is 0. The first-order valence-corrected chi connectivity index (χ1v) is 10.9. The van der Waals surface area contributed by atoms with Crippen LogP contribution in [0.1, 0.15) is 27.7 Å². The summed E-state index contributed by atoms with van der Waals surface area (Å²) in [5.74, 6) is -2.17. The van der Waals surface area contributed by atoms with Crippen molar-refractivity contribution < 1.29 is 38.2 Å². The molecule has 2 aliphatic heterocycles. The van der Waals surface area contributed by atoms with Gasteiger partial charge in [-0.1, -0.05) is 30.0 Å². The lowest BCUT2D eigenvalue weighted by Gasteiger charge is -2.48. The number of carbonyl (C=O) groups excluding carboxylic acids is 5. The number of nitrogens with one attached hydrogen (secondary N) is 1. The van der Waals surface area contributed by atoms with Crippen LogP contribution >= 0.6 is 11.8 Å². The first kappa shape index (κ1) is 24.3. The van der Waals surface area contributed by atoms with Gasteiger partial charge in [0.15, 0.2) is 6.61 Å². The molecule has 3 rings (SSSR count). The van der Waals surface area contributed by atoms with E-state index in [4.69, 9.17) is 14.2 Å². The number of hydrogen-bond donors (Lipinski definition) is 1. The topological polar surface area (TPSA) is 128 Å². The Bertz CT molecular complexity index is 1010. The Hall–Kier alpha value is -3.34. The molecule has 1 aromatic rings. The zero-order chi connectivity index (χ0) is 24.3. The summed E-state index contributed by atoms with van der Waals surface area (Å²) in [5, 5.41) is 1.31. The number of hydrogen-bond acceptors (Lipinski definition) is 9. The molecule has 0 radical (unpaired) electrons. The Morgan fingerprint density at radius 3 is 2.39 bits per heavy atom. The minimum Gasteiger partial charge on any atom is -0.484 e. The number of β-lactam (4-membered cyclic amide) rings is 1. The van der Waals surface area contributed by atoms with Gasteiger partial charge in [0.05, 0.1) is 5.41 Å². The van der Waals surface area contributed by atoms with E-state index in [9.17, 15) is 24.0 Å². The van der Waals surface area contributed by atoms with Crippen molar-refractivity contribution in [3.8, 4) is 5.75 Å². The Morgan fingerprint density at radius 2 is 1.76 bits per heavy atom. The number of carbonyl (C=O) groups is 5. The van der Waals surface area contributed by atoms with Crippen LogP contribution in [-0.2, 0) is 33.4 Å². The van der Waals surface area contributed by atoms with E-state index in [1.165, 1.54) is 6.92 Å². The van der Waals surface area contributed by atoms with Gasteiger partial charge in [-0.3, -0.25) is 24.1 Å². The van der Waals surface area contributed by atoms with Gasteiger partial charge in [0.25, 0.3) is 11.8 Å². The molecule has 2 heterocycles. The van der Waals surface area contributed by atoms with Gasteiger partial charge >= 0.3 is 11.9 Å². The predicted molar refractivity (Wildman–Crippen MR) is 116 cm³/mol. The normalized spacial score (nSPS) is 19.9. The molecule has 0 bridgehead atoms. The highest BCUT2D eigenvalue weighted by Gasteiger charge is 2.56. The molecule has 11 heteroatoms. The number of fused-ring (bicyclic) bond motifs is 1. The lowest BCUT2D eigenvalue weighted by atomic mass is 9.98. The average Bonchev–Trinajstić information content (AvgIpc) is 2.77. The summed E-state index contributed by atoms with van der Waals surface area (Å²) in [6, 6.07) is 7.68. The van der Waals surface area contributed by atoms with Crippen molar-refractivity contribution in [2.75, 3.05) is 13.4 Å². The number of esters is 2. The number of ether oxygens (including phenoxy) is 3. The van der Waals surface area contributed by atoms with E-state index in [0.717, 1.165) is 16.7 Å². The minimum atomic E-state index is -1.000. The first-order chi connectivity index (χ1) is 15.5. The van der Waals surface area contributed by atoms with Crippen molar-refractivity contribution in [1.29, 1.82) is 0 Å². The number of benzene rings is 1. The average molecular weight is 477 g/mol. The fourth-order valence-corrected chi connectivity index (χ4v) is 4.11. The van der Waals surface area contributed by atoms with Gasteiger partial charge in [-0.2, -0.15) is 0 Å². The molecular weight excluding hydrogens is 452 g/mol. The van der Waals surface area contributed by atoms with E-state index in [1.807, 2.05) is 0 Å². The number of para-hydroxylation sites is 1. The van der Waals surface area contributed by atoms with E-state index < -0.39 is 52.5 Å². The number of amides is 2. The Labute approximate surface area is 194 Å². The molecule has 2 amide bonds. The molecule has 0 saturated carbocycles. The van der Waals surface area contributed by atoms with Crippen molar-refractivity contribution in [3.63, 3.8) is 0 Å². The highest BCUT2D eigenvalue weighted by atomic mass is 32.2. The molecule has 33 heavy (non-hydrogen) atoms. The van der Waals surface area contributed by atoms with Crippen LogP contribution in [0.3, 0.4) is 0 Å². The molecule has 0 aromatic heterocycles. The quantitative estimate of drug-likeness (QED) is 0.352. The summed E-state index contributed by atoms with van der Waals surface area (Å²) in [6.45, 7) is 5.35. The highest BCUT2D eigenvalue weighted by Crippen LogP contribution is 2.41. The molecule has 0 aliphatic carbocycles. The monoisotopic (exact) mass is 476 g/mol. The first-order valence-electron chi connectivity index (χ1n) is 10.1. The second-order valence-corrected chi connectivity index (χ2v) is 9.45. The molecule has 1 fully saturated rings. The molecule has 2 aliphatic rings. The van der Waals surface area contributed by atoms with Crippen LogP contribution in [0.5, 0.6) is 5.75 Å². The van der Waals surface area contributed by atoms with Gasteiger partial charge in [-0.05, 0) is 39.8 Å². The molecule has 1 saturated heterocycles. The van der Waals surface area contributed by atoms with E-state index in [-0.39, 0.29) is 17.9 Å². The van der Waals surface area contributed by atoms with Gasteiger partial charge in [0.1, 0.15) is 22.9 Å². The second kappa shape index (κ2) is 9.65. The maximum Gasteiger partial charge on any atom is 0.358 e. The lowest BCUT2D eigenvalue weighted by Crippen LogP contribution is -2.71. The molecule has 2 atom stereocenters. The van der Waals surface area contributed by atoms with E-state index >= 15 is 0 Å². The molecule has 0 spiro atoms. The fraction of sp³-hybridized carbons (Fsp3) is 0.409. The van der Waals surface area contributed by atoms with Gasteiger partial charge in [0, 0.05) is 5.57 Å². The maximum atomic E-state index is 12.7. The third-order valence-electron chi connectivity index (χ3n) is 4.79. The third-order valence-corrected chi connectivity index (χ3v) is 6.03. The molecule has 1 aromatic carbocycles. The van der Waals surface area contributed by atoms with Crippen molar-refractivity contribution in [1.82, 2.24) is 10.2 Å². The van der Waals surface area contributed by atoms with E-state index in [1.54, 1.807) is 51.1 Å². The smallest absolute Gasteiger partial charge is 0.358 e. The van der Waals surface area contributed by atoms with Crippen LogP contribution in [0.15, 0.2) is 41.6 Å². The maximum absolute atomic E-state index is 12.7. The largest absolute Gasteiger partial charge is 0.484 e. The van der Waals surface area contributed by atoms with Crippen LogP contribution in [0.4, 0.5) is 0 Å². The highest BCUT2D eigenvalue weighted by molar-refractivity contribution is 8.14. The van der Waals surface area contributed by atoms with Crippen molar-refractivity contribution >= 4 is 40.6 Å². The third kappa shape index (κ3) is 5.36. The van der Waals surface area contributed by atoms with Crippen LogP contribution < -0.4 is 10.1 Å². The van der Waals surface area contributed by atoms with Crippen LogP contribution in [0, 0.1) is 5.41 Å². The molecule has 10 nitrogen and oxygen atoms in total. The zero-order valence-electron chi connectivity index (χ0n) is 18.6. The standard InChI is InChI=1S/C22H24N2O8S/c1-12-16(19(27)31-11-32-21(29)22(2,3)4)24-17(26)15(18(24)33-20(12)28)23-14(25)10-30-13-8-6-5-7-9-13/h5-9,15,18H,10-11H2,1-4H3,(H,23,25)/t15?,18-/m0/s1. The predicted octanol–water partition coefficient (Wildman–Crippen LogP) is 1.36. The van der Waals surface area contributed by atoms with Gasteiger partial charge in [-0.25, -0.2) is 4.79 Å². The summed E-state index contributed by atoms with van der Waals surface area (Å²) < 4.78 is 15.2. The molecule has 1 N–H and O–H groups in total.